The van der Waals surface area contributed by atoms with Gasteiger partial charge in [-0.3, -0.25) is 29.4 Å². The molecule has 126 valence electrons. The van der Waals surface area contributed by atoms with Gasteiger partial charge in [0.1, 0.15) is 11.8 Å². The van der Waals surface area contributed by atoms with E-state index in [2.05, 4.69) is 5.32 Å². The van der Waals surface area contributed by atoms with E-state index in [0.29, 0.717) is 12.4 Å². The van der Waals surface area contributed by atoms with E-state index in [4.69, 9.17) is 4.74 Å². The van der Waals surface area contributed by atoms with Gasteiger partial charge in [-0.25, -0.2) is 0 Å². The number of carbonyl (C=O) groups excluding carboxylic acids is 4. The highest BCUT2D eigenvalue weighted by Crippen LogP contribution is 2.33. The maximum absolute atomic E-state index is 12.7. The van der Waals surface area contributed by atoms with E-state index in [1.54, 1.807) is 18.2 Å². The monoisotopic (exact) mass is 330 g/mol. The van der Waals surface area contributed by atoms with Crippen molar-refractivity contribution < 1.29 is 23.9 Å². The van der Waals surface area contributed by atoms with Gasteiger partial charge in [0.2, 0.25) is 11.8 Å². The fourth-order valence-corrected chi connectivity index (χ4v) is 2.93. The molecule has 0 saturated carbocycles. The number of fused-ring (bicyclic) bond motifs is 1. The molecule has 0 bridgehead atoms. The fourth-order valence-electron chi connectivity index (χ4n) is 2.93. The lowest BCUT2D eigenvalue weighted by atomic mass is 10.0. The largest absolute Gasteiger partial charge is 0.493 e. The van der Waals surface area contributed by atoms with E-state index in [1.807, 2.05) is 6.92 Å². The van der Waals surface area contributed by atoms with Crippen LogP contribution >= 0.6 is 0 Å². The molecule has 24 heavy (non-hydrogen) atoms. The Labute approximate surface area is 139 Å². The molecule has 7 nitrogen and oxygen atoms in total. The van der Waals surface area contributed by atoms with E-state index in [0.717, 1.165) is 17.7 Å². The van der Waals surface area contributed by atoms with Crippen LogP contribution in [-0.2, 0) is 9.59 Å². The highest BCUT2D eigenvalue weighted by atomic mass is 16.5. The molecule has 1 atom stereocenters. The van der Waals surface area contributed by atoms with Crippen molar-refractivity contribution in [3.8, 4) is 5.75 Å². The lowest BCUT2D eigenvalue weighted by molar-refractivity contribution is -0.136. The number of rotatable bonds is 5. The summed E-state index contributed by atoms with van der Waals surface area (Å²) in [4.78, 5) is 49.6. The summed E-state index contributed by atoms with van der Waals surface area (Å²) in [7, 11) is 0. The number of hydrogen-bond acceptors (Lipinski definition) is 5. The van der Waals surface area contributed by atoms with Gasteiger partial charge in [0, 0.05) is 6.42 Å². The summed E-state index contributed by atoms with van der Waals surface area (Å²) in [5.41, 5.74) is 0.432. The van der Waals surface area contributed by atoms with Crippen molar-refractivity contribution in [2.24, 2.45) is 0 Å². The molecule has 0 spiro atoms. The van der Waals surface area contributed by atoms with Crippen LogP contribution in [0.4, 0.5) is 0 Å². The Morgan fingerprint density at radius 2 is 2.00 bits per heavy atom. The number of hydrogen-bond donors (Lipinski definition) is 1. The topological polar surface area (TPSA) is 92.8 Å². The summed E-state index contributed by atoms with van der Waals surface area (Å²) < 4.78 is 5.63. The Hall–Kier alpha value is -2.70. The molecule has 3 rings (SSSR count). The highest BCUT2D eigenvalue weighted by molar-refractivity contribution is 6.24. The average molecular weight is 330 g/mol. The van der Waals surface area contributed by atoms with Crippen molar-refractivity contribution in [1.29, 1.82) is 0 Å². The Morgan fingerprint density at radius 1 is 1.21 bits per heavy atom. The molecule has 2 heterocycles. The van der Waals surface area contributed by atoms with Gasteiger partial charge in [0.15, 0.2) is 0 Å². The van der Waals surface area contributed by atoms with E-state index in [-0.39, 0.29) is 24.0 Å². The van der Waals surface area contributed by atoms with Crippen LogP contribution in [0.1, 0.15) is 53.3 Å². The maximum atomic E-state index is 12.7. The normalized spacial score (nSPS) is 20.2. The molecule has 1 aromatic carbocycles. The molecule has 1 aromatic rings. The van der Waals surface area contributed by atoms with Crippen LogP contribution in [0.25, 0.3) is 0 Å². The van der Waals surface area contributed by atoms with Gasteiger partial charge >= 0.3 is 0 Å². The molecule has 2 aliphatic heterocycles. The van der Waals surface area contributed by atoms with Crippen molar-refractivity contribution in [3.63, 3.8) is 0 Å². The summed E-state index contributed by atoms with van der Waals surface area (Å²) >= 11 is 0. The third-order valence-corrected chi connectivity index (χ3v) is 4.19. The Kier molecular flexibility index (Phi) is 4.33. The number of amides is 4. The summed E-state index contributed by atoms with van der Waals surface area (Å²) in [5.74, 6) is -1.72. The zero-order chi connectivity index (χ0) is 17.3. The van der Waals surface area contributed by atoms with Gasteiger partial charge in [-0.05, 0) is 25.0 Å². The predicted molar refractivity (Wildman–Crippen MR) is 83.5 cm³/mol. The van der Waals surface area contributed by atoms with Gasteiger partial charge in [-0.1, -0.05) is 19.4 Å². The minimum absolute atomic E-state index is 0.101. The van der Waals surface area contributed by atoms with Crippen LogP contribution in [-0.4, -0.2) is 41.2 Å². The summed E-state index contributed by atoms with van der Waals surface area (Å²) in [5, 5.41) is 2.18. The number of imide groups is 2. The third kappa shape index (κ3) is 2.66. The molecule has 1 saturated heterocycles. The SMILES string of the molecule is CCCCOc1cccc2c1C(=O)N([C@H]1CCC(=O)NC1=O)C2=O. The van der Waals surface area contributed by atoms with Crippen LogP contribution in [0.15, 0.2) is 18.2 Å². The van der Waals surface area contributed by atoms with Crippen LogP contribution in [0, 0.1) is 0 Å². The molecule has 1 N–H and O–H groups in total. The van der Waals surface area contributed by atoms with E-state index >= 15 is 0 Å². The predicted octanol–water partition coefficient (Wildman–Crippen LogP) is 1.27. The molecular formula is C17H18N2O5. The number of carbonyl (C=O) groups is 4. The minimum Gasteiger partial charge on any atom is -0.493 e. The van der Waals surface area contributed by atoms with Gasteiger partial charge in [0.25, 0.3) is 11.8 Å². The number of nitrogens with zero attached hydrogens (tertiary/aromatic N) is 1. The summed E-state index contributed by atoms with van der Waals surface area (Å²) in [6.45, 7) is 2.48. The molecule has 7 heteroatoms. The lowest BCUT2D eigenvalue weighted by Crippen LogP contribution is -2.54. The third-order valence-electron chi connectivity index (χ3n) is 4.19. The van der Waals surface area contributed by atoms with Crippen LogP contribution in [0.5, 0.6) is 5.75 Å². The van der Waals surface area contributed by atoms with Crippen LogP contribution in [0.3, 0.4) is 0 Å². The maximum Gasteiger partial charge on any atom is 0.266 e. The Bertz CT molecular complexity index is 728. The number of piperidine rings is 1. The Morgan fingerprint density at radius 3 is 2.71 bits per heavy atom. The second-order valence-electron chi connectivity index (χ2n) is 5.83. The lowest BCUT2D eigenvalue weighted by Gasteiger charge is -2.27. The smallest absolute Gasteiger partial charge is 0.266 e. The molecule has 2 aliphatic rings. The van der Waals surface area contributed by atoms with Gasteiger partial charge in [-0.15, -0.1) is 0 Å². The molecule has 0 aromatic heterocycles. The fraction of sp³-hybridized carbons (Fsp3) is 0.412. The molecule has 4 amide bonds. The molecule has 0 radical (unpaired) electrons. The second-order valence-corrected chi connectivity index (χ2v) is 5.83. The minimum atomic E-state index is -0.960. The first-order chi connectivity index (χ1) is 11.5. The average Bonchev–Trinajstić information content (AvgIpc) is 2.81. The van der Waals surface area contributed by atoms with Crippen LogP contribution < -0.4 is 10.1 Å². The zero-order valence-corrected chi connectivity index (χ0v) is 13.3. The van der Waals surface area contributed by atoms with Gasteiger partial charge < -0.3 is 4.74 Å². The van der Waals surface area contributed by atoms with E-state index in [9.17, 15) is 19.2 Å². The first-order valence-electron chi connectivity index (χ1n) is 8.02. The van der Waals surface area contributed by atoms with Crippen molar-refractivity contribution in [1.82, 2.24) is 10.2 Å². The number of ether oxygens (including phenoxy) is 1. The molecule has 0 aliphatic carbocycles. The van der Waals surface area contributed by atoms with Gasteiger partial charge in [0.05, 0.1) is 17.7 Å². The van der Waals surface area contributed by atoms with Crippen molar-refractivity contribution in [3.05, 3.63) is 29.3 Å². The zero-order valence-electron chi connectivity index (χ0n) is 13.3. The van der Waals surface area contributed by atoms with Crippen molar-refractivity contribution in [2.45, 2.75) is 38.6 Å². The van der Waals surface area contributed by atoms with E-state index < -0.39 is 29.7 Å². The van der Waals surface area contributed by atoms with E-state index in [1.165, 1.54) is 0 Å². The molecule has 1 fully saturated rings. The first kappa shape index (κ1) is 16.2. The van der Waals surface area contributed by atoms with Crippen molar-refractivity contribution in [2.75, 3.05) is 6.61 Å². The quantitative estimate of drug-likeness (QED) is 0.648. The number of unbranched alkanes of at least 4 members (excludes halogenated alkanes) is 1. The van der Waals surface area contributed by atoms with Gasteiger partial charge in [-0.2, -0.15) is 0 Å². The van der Waals surface area contributed by atoms with Crippen molar-refractivity contribution >= 4 is 23.6 Å². The number of benzene rings is 1. The number of nitrogens with one attached hydrogen (secondary N) is 1. The molecule has 0 unspecified atom stereocenters. The summed E-state index contributed by atoms with van der Waals surface area (Å²) in [6, 6.07) is 3.89. The van der Waals surface area contributed by atoms with Crippen LogP contribution in [0.2, 0.25) is 0 Å². The molecular weight excluding hydrogens is 312 g/mol. The second kappa shape index (κ2) is 6.43. The Balaban J connectivity index is 1.89. The highest BCUT2D eigenvalue weighted by Gasteiger charge is 2.45. The standard InChI is InChI=1S/C17H18N2O5/c1-2-3-9-24-12-6-4-5-10-14(12)17(23)19(16(10)22)11-7-8-13(20)18-15(11)21/h4-6,11H,2-3,7-9H2,1H3,(H,18,20,21)/t11-/m0/s1. The first-order valence-corrected chi connectivity index (χ1v) is 8.02. The summed E-state index contributed by atoms with van der Waals surface area (Å²) in [6.07, 6.45) is 2.03.